The number of benzene rings is 2. The summed E-state index contributed by atoms with van der Waals surface area (Å²) in [5.74, 6) is -0.0714. The molecule has 5 nitrogen and oxygen atoms in total. The standard InChI is InChI=1S/C16H11BrN4O/c17-14-7-4-12(5-8-14)6-9-16(22)13-2-1-3-15(10-13)21-11-18-19-20-21/h1-11H/b9-6+. The molecule has 1 aromatic heterocycles. The van der Waals surface area contributed by atoms with Crippen LogP contribution in [0, 0.1) is 0 Å². The number of allylic oxidation sites excluding steroid dienone is 1. The fraction of sp³-hybridized carbons (Fsp3) is 0. The zero-order valence-corrected chi connectivity index (χ0v) is 13.0. The summed E-state index contributed by atoms with van der Waals surface area (Å²) < 4.78 is 2.51. The van der Waals surface area contributed by atoms with Gasteiger partial charge in [0.15, 0.2) is 5.78 Å². The number of ketones is 1. The highest BCUT2D eigenvalue weighted by Crippen LogP contribution is 2.13. The number of rotatable bonds is 4. The van der Waals surface area contributed by atoms with Crippen molar-refractivity contribution in [3.63, 3.8) is 0 Å². The predicted molar refractivity (Wildman–Crippen MR) is 86.7 cm³/mol. The Kier molecular flexibility index (Phi) is 4.20. The van der Waals surface area contributed by atoms with Crippen LogP contribution in [0.2, 0.25) is 0 Å². The minimum Gasteiger partial charge on any atom is -0.289 e. The summed E-state index contributed by atoms with van der Waals surface area (Å²) in [6.07, 6.45) is 4.83. The molecule has 2 aromatic carbocycles. The lowest BCUT2D eigenvalue weighted by molar-refractivity contribution is 0.104. The van der Waals surface area contributed by atoms with Crippen molar-refractivity contribution in [1.82, 2.24) is 20.2 Å². The molecule has 108 valence electrons. The van der Waals surface area contributed by atoms with E-state index in [-0.39, 0.29) is 5.78 Å². The van der Waals surface area contributed by atoms with E-state index in [0.717, 1.165) is 15.7 Å². The maximum Gasteiger partial charge on any atom is 0.185 e. The lowest BCUT2D eigenvalue weighted by Crippen LogP contribution is -1.99. The van der Waals surface area contributed by atoms with Crippen LogP contribution < -0.4 is 0 Å². The molecule has 0 aliphatic heterocycles. The lowest BCUT2D eigenvalue weighted by atomic mass is 10.1. The molecular formula is C16H11BrN4O. The highest BCUT2D eigenvalue weighted by Gasteiger charge is 2.05. The van der Waals surface area contributed by atoms with Gasteiger partial charge >= 0.3 is 0 Å². The summed E-state index contributed by atoms with van der Waals surface area (Å²) in [4.78, 5) is 12.2. The van der Waals surface area contributed by atoms with Gasteiger partial charge in [-0.05, 0) is 46.3 Å². The molecular weight excluding hydrogens is 344 g/mol. The first-order chi connectivity index (χ1) is 10.7. The number of hydrogen-bond donors (Lipinski definition) is 0. The molecule has 0 aliphatic rings. The van der Waals surface area contributed by atoms with Crippen LogP contribution in [0.25, 0.3) is 11.8 Å². The van der Waals surface area contributed by atoms with E-state index in [1.807, 2.05) is 30.3 Å². The Morgan fingerprint density at radius 1 is 1.14 bits per heavy atom. The Morgan fingerprint density at radius 3 is 2.68 bits per heavy atom. The van der Waals surface area contributed by atoms with Crippen LogP contribution in [0.1, 0.15) is 15.9 Å². The van der Waals surface area contributed by atoms with Crippen molar-refractivity contribution in [2.24, 2.45) is 0 Å². The average Bonchev–Trinajstić information content (AvgIpc) is 3.09. The number of halogens is 1. The fourth-order valence-electron chi connectivity index (χ4n) is 1.92. The molecule has 0 aliphatic carbocycles. The van der Waals surface area contributed by atoms with Crippen LogP contribution in [0.4, 0.5) is 0 Å². The Morgan fingerprint density at radius 2 is 1.95 bits per heavy atom. The Labute approximate surface area is 135 Å². The SMILES string of the molecule is O=C(/C=C/c1ccc(Br)cc1)c1cccc(-n2cnnn2)c1. The number of tetrazole rings is 1. The zero-order valence-electron chi connectivity index (χ0n) is 11.4. The molecule has 0 atom stereocenters. The van der Waals surface area contributed by atoms with Gasteiger partial charge < -0.3 is 0 Å². The van der Waals surface area contributed by atoms with Crippen molar-refractivity contribution in [2.45, 2.75) is 0 Å². The van der Waals surface area contributed by atoms with Gasteiger partial charge in [-0.2, -0.15) is 0 Å². The van der Waals surface area contributed by atoms with Crippen LogP contribution in [-0.4, -0.2) is 26.0 Å². The van der Waals surface area contributed by atoms with Gasteiger partial charge in [-0.25, -0.2) is 4.68 Å². The molecule has 0 bridgehead atoms. The summed E-state index contributed by atoms with van der Waals surface area (Å²) in [5, 5.41) is 11.0. The monoisotopic (exact) mass is 354 g/mol. The lowest BCUT2D eigenvalue weighted by Gasteiger charge is -2.01. The number of nitrogens with zero attached hydrogens (tertiary/aromatic N) is 4. The second-order valence-electron chi connectivity index (χ2n) is 4.55. The molecule has 6 heteroatoms. The molecule has 0 fully saturated rings. The number of hydrogen-bond acceptors (Lipinski definition) is 4. The van der Waals surface area contributed by atoms with Crippen molar-refractivity contribution in [3.8, 4) is 5.69 Å². The van der Waals surface area contributed by atoms with Gasteiger partial charge in [0.2, 0.25) is 0 Å². The van der Waals surface area contributed by atoms with Gasteiger partial charge in [-0.1, -0.05) is 46.3 Å². The smallest absolute Gasteiger partial charge is 0.185 e. The summed E-state index contributed by atoms with van der Waals surface area (Å²) >= 11 is 3.38. The van der Waals surface area contributed by atoms with Crippen LogP contribution >= 0.6 is 15.9 Å². The largest absolute Gasteiger partial charge is 0.289 e. The summed E-state index contributed by atoms with van der Waals surface area (Å²) in [5.41, 5.74) is 2.29. The van der Waals surface area contributed by atoms with E-state index in [0.29, 0.717) is 5.56 Å². The van der Waals surface area contributed by atoms with E-state index in [1.54, 1.807) is 30.4 Å². The van der Waals surface area contributed by atoms with Gasteiger partial charge in [0.1, 0.15) is 6.33 Å². The normalized spacial score (nSPS) is 11.0. The molecule has 0 saturated carbocycles. The van der Waals surface area contributed by atoms with Gasteiger partial charge in [-0.15, -0.1) is 5.10 Å². The number of carbonyl (C=O) groups excluding carboxylic acids is 1. The van der Waals surface area contributed by atoms with Crippen LogP contribution in [0.15, 0.2) is 65.4 Å². The van der Waals surface area contributed by atoms with Crippen LogP contribution in [0.3, 0.4) is 0 Å². The van der Waals surface area contributed by atoms with Crippen molar-refractivity contribution >= 4 is 27.8 Å². The second-order valence-corrected chi connectivity index (χ2v) is 5.47. The van der Waals surface area contributed by atoms with E-state index in [9.17, 15) is 4.79 Å². The third kappa shape index (κ3) is 3.35. The van der Waals surface area contributed by atoms with E-state index in [2.05, 4.69) is 31.5 Å². The highest BCUT2D eigenvalue weighted by atomic mass is 79.9. The molecule has 3 rings (SSSR count). The number of carbonyl (C=O) groups is 1. The minimum absolute atomic E-state index is 0.0714. The molecule has 0 N–H and O–H groups in total. The highest BCUT2D eigenvalue weighted by molar-refractivity contribution is 9.10. The van der Waals surface area contributed by atoms with Crippen molar-refractivity contribution in [2.75, 3.05) is 0 Å². The maximum atomic E-state index is 12.2. The average molecular weight is 355 g/mol. The quantitative estimate of drug-likeness (QED) is 0.532. The zero-order chi connectivity index (χ0) is 15.4. The van der Waals surface area contributed by atoms with Crippen LogP contribution in [-0.2, 0) is 0 Å². The van der Waals surface area contributed by atoms with E-state index < -0.39 is 0 Å². The third-order valence-corrected chi connectivity index (χ3v) is 3.57. The summed E-state index contributed by atoms with van der Waals surface area (Å²) in [7, 11) is 0. The maximum absolute atomic E-state index is 12.2. The van der Waals surface area contributed by atoms with Crippen molar-refractivity contribution < 1.29 is 4.79 Å². The Hall–Kier alpha value is -2.60. The van der Waals surface area contributed by atoms with Gasteiger partial charge in [-0.3, -0.25) is 4.79 Å². The first-order valence-corrected chi connectivity index (χ1v) is 7.33. The molecule has 0 amide bonds. The van der Waals surface area contributed by atoms with Gasteiger partial charge in [0.05, 0.1) is 5.69 Å². The second kappa shape index (κ2) is 6.44. The first kappa shape index (κ1) is 14.3. The van der Waals surface area contributed by atoms with E-state index >= 15 is 0 Å². The van der Waals surface area contributed by atoms with Crippen LogP contribution in [0.5, 0.6) is 0 Å². The summed E-state index contributed by atoms with van der Waals surface area (Å²) in [6, 6.07) is 14.9. The van der Waals surface area contributed by atoms with E-state index in [4.69, 9.17) is 0 Å². The Bertz CT molecular complexity index is 810. The van der Waals surface area contributed by atoms with E-state index in [1.165, 1.54) is 11.0 Å². The minimum atomic E-state index is -0.0714. The summed E-state index contributed by atoms with van der Waals surface area (Å²) in [6.45, 7) is 0. The first-order valence-electron chi connectivity index (χ1n) is 6.54. The molecule has 3 aromatic rings. The van der Waals surface area contributed by atoms with Crippen molar-refractivity contribution in [1.29, 1.82) is 0 Å². The fourth-order valence-corrected chi connectivity index (χ4v) is 2.19. The van der Waals surface area contributed by atoms with Gasteiger partial charge in [0.25, 0.3) is 0 Å². The molecule has 0 spiro atoms. The van der Waals surface area contributed by atoms with Crippen molar-refractivity contribution in [3.05, 3.63) is 76.5 Å². The molecule has 0 unspecified atom stereocenters. The predicted octanol–water partition coefficient (Wildman–Crippen LogP) is 3.32. The Balaban J connectivity index is 1.80. The third-order valence-electron chi connectivity index (χ3n) is 3.04. The van der Waals surface area contributed by atoms with Gasteiger partial charge in [0, 0.05) is 10.0 Å². The molecule has 22 heavy (non-hydrogen) atoms. The molecule has 1 heterocycles. The molecule has 0 saturated heterocycles. The topological polar surface area (TPSA) is 60.7 Å². The molecule has 0 radical (unpaired) electrons. The number of aromatic nitrogens is 4.